The number of halogens is 1. The van der Waals surface area contributed by atoms with Gasteiger partial charge in [-0.15, -0.1) is 21.5 Å². The van der Waals surface area contributed by atoms with E-state index < -0.39 is 12.0 Å². The number of hydrogen-bond donors (Lipinski definition) is 3. The number of amides is 3. The number of piperidine rings is 1. The van der Waals surface area contributed by atoms with Crippen LogP contribution in [0.25, 0.3) is 5.00 Å². The zero-order valence-corrected chi connectivity index (χ0v) is 32.8. The first-order valence-corrected chi connectivity index (χ1v) is 19.3. The van der Waals surface area contributed by atoms with E-state index in [1.54, 1.807) is 11.3 Å². The molecule has 1 atom stereocenters. The van der Waals surface area contributed by atoms with Crippen molar-refractivity contribution in [2.45, 2.75) is 52.5 Å². The number of esters is 1. The third kappa shape index (κ3) is 8.64. The van der Waals surface area contributed by atoms with E-state index in [0.717, 1.165) is 33.2 Å². The Morgan fingerprint density at radius 2 is 1.75 bits per heavy atom. The Bertz CT molecular complexity index is 2210. The summed E-state index contributed by atoms with van der Waals surface area (Å²) in [6, 6.07) is 11.6. The molecule has 2 aromatic heterocycles. The number of nitrogens with zero attached hydrogens (tertiary/aromatic N) is 5. The van der Waals surface area contributed by atoms with E-state index in [9.17, 15) is 19.2 Å². The summed E-state index contributed by atoms with van der Waals surface area (Å²) in [6.45, 7) is 7.82. The largest absolute Gasteiger partial charge is 0.465 e. The number of aryl methyl sites for hydroxylation is 2. The number of carbonyl (C=O) groups excluding carboxylic acids is 4. The number of methoxy groups -OCH3 is 1. The number of rotatable bonds is 10. The van der Waals surface area contributed by atoms with Crippen molar-refractivity contribution in [3.63, 3.8) is 0 Å². The first-order valence-electron chi connectivity index (χ1n) is 18.1. The second-order valence-electron chi connectivity index (χ2n) is 13.4. The third-order valence-corrected chi connectivity index (χ3v) is 11.3. The van der Waals surface area contributed by atoms with Crippen LogP contribution in [0.15, 0.2) is 47.5 Å². The minimum Gasteiger partial charge on any atom is -0.465 e. The molecular formula is C40H43ClN8O5S. The van der Waals surface area contributed by atoms with Crippen molar-refractivity contribution in [3.05, 3.63) is 97.4 Å². The summed E-state index contributed by atoms with van der Waals surface area (Å²) in [5, 5.41) is 16.3. The zero-order valence-electron chi connectivity index (χ0n) is 31.2. The molecule has 0 spiro atoms. The predicted molar refractivity (Wildman–Crippen MR) is 211 cm³/mol. The molecule has 1 saturated heterocycles. The van der Waals surface area contributed by atoms with Gasteiger partial charge in [-0.3, -0.25) is 23.9 Å². The molecule has 2 aromatic carbocycles. The Labute approximate surface area is 328 Å². The van der Waals surface area contributed by atoms with Crippen LogP contribution < -0.4 is 16.4 Å². The van der Waals surface area contributed by atoms with Crippen molar-refractivity contribution >= 4 is 52.3 Å². The van der Waals surface area contributed by atoms with Crippen LogP contribution in [0.1, 0.15) is 91.2 Å². The minimum atomic E-state index is -0.564. The fourth-order valence-corrected chi connectivity index (χ4v) is 8.13. The van der Waals surface area contributed by atoms with Gasteiger partial charge in [0.2, 0.25) is 11.8 Å². The maximum Gasteiger partial charge on any atom is 0.339 e. The smallest absolute Gasteiger partial charge is 0.339 e. The van der Waals surface area contributed by atoms with Crippen LogP contribution in [-0.4, -0.2) is 88.9 Å². The Morgan fingerprint density at radius 1 is 1.02 bits per heavy atom. The van der Waals surface area contributed by atoms with Crippen LogP contribution in [-0.2, 0) is 14.3 Å². The lowest BCUT2D eigenvalue weighted by molar-refractivity contribution is -0.136. The summed E-state index contributed by atoms with van der Waals surface area (Å²) >= 11 is 7.90. The summed E-state index contributed by atoms with van der Waals surface area (Å²) in [5.74, 6) is 5.63. The van der Waals surface area contributed by atoms with Crippen molar-refractivity contribution < 1.29 is 23.9 Å². The standard InChI is InChI=1S/C40H43ClN8O5S/c1-23-24(2)55-39-34(23)35(26-8-11-30(41)12-9-26)45-32(36-47-46-25(3)49(36)39)22-33(50)48-19-14-27(15-20-48)37(51)43-17-6-18-44-38(52)29-10-13-31(40(53)54-4)28(21-29)7-5-16-42/h8-13,21,27,32H,6,14-20,22,42H2,1-4H3,(H,43,51)(H,44,52)/t32-/m0/s1. The lowest BCUT2D eigenvalue weighted by atomic mass is 9.95. The van der Waals surface area contributed by atoms with Crippen molar-refractivity contribution in [1.82, 2.24) is 30.3 Å². The van der Waals surface area contributed by atoms with Gasteiger partial charge in [0.25, 0.3) is 5.91 Å². The predicted octanol–water partition coefficient (Wildman–Crippen LogP) is 4.46. The Balaban J connectivity index is 1.02. The highest BCUT2D eigenvalue weighted by Crippen LogP contribution is 2.40. The van der Waals surface area contributed by atoms with E-state index in [0.29, 0.717) is 67.4 Å². The number of aliphatic imine (C=N–C) groups is 1. The molecule has 2 aliphatic rings. The topological polar surface area (TPSA) is 174 Å². The highest BCUT2D eigenvalue weighted by molar-refractivity contribution is 7.15. The zero-order chi connectivity index (χ0) is 39.2. The minimum absolute atomic E-state index is 0.0531. The van der Waals surface area contributed by atoms with Gasteiger partial charge in [0, 0.05) is 64.3 Å². The van der Waals surface area contributed by atoms with Crippen molar-refractivity contribution in [1.29, 1.82) is 0 Å². The summed E-state index contributed by atoms with van der Waals surface area (Å²) < 4.78 is 6.83. The number of thiophene rings is 1. The van der Waals surface area contributed by atoms with Gasteiger partial charge in [-0.2, -0.15) is 0 Å². The highest BCUT2D eigenvalue weighted by Gasteiger charge is 2.34. The molecule has 0 saturated carbocycles. The van der Waals surface area contributed by atoms with Gasteiger partial charge in [-0.05, 0) is 75.9 Å². The van der Waals surface area contributed by atoms with Gasteiger partial charge in [0.15, 0.2) is 5.82 Å². The summed E-state index contributed by atoms with van der Waals surface area (Å²) in [4.78, 5) is 59.9. The summed E-state index contributed by atoms with van der Waals surface area (Å²) in [6.07, 6.45) is 1.72. The molecule has 4 aromatic rings. The fourth-order valence-electron chi connectivity index (χ4n) is 6.79. The molecule has 0 unspecified atom stereocenters. The maximum atomic E-state index is 13.8. The number of aromatic nitrogens is 3. The second-order valence-corrected chi connectivity index (χ2v) is 15.1. The number of fused-ring (bicyclic) bond motifs is 3. The third-order valence-electron chi connectivity index (χ3n) is 9.89. The monoisotopic (exact) mass is 782 g/mol. The van der Waals surface area contributed by atoms with Gasteiger partial charge in [-0.1, -0.05) is 35.6 Å². The molecule has 13 nitrogen and oxygen atoms in total. The Kier molecular flexibility index (Phi) is 12.4. The van der Waals surface area contributed by atoms with Crippen molar-refractivity contribution in [2.75, 3.05) is 39.8 Å². The van der Waals surface area contributed by atoms with E-state index in [-0.39, 0.29) is 42.2 Å². The molecule has 2 aliphatic heterocycles. The molecule has 0 aliphatic carbocycles. The number of carbonyl (C=O) groups is 4. The first kappa shape index (κ1) is 39.3. The molecule has 3 amide bonds. The average Bonchev–Trinajstić information content (AvgIpc) is 3.67. The van der Waals surface area contributed by atoms with Gasteiger partial charge in [0.05, 0.1) is 31.4 Å². The maximum absolute atomic E-state index is 13.8. The lowest BCUT2D eigenvalue weighted by Crippen LogP contribution is -2.43. The van der Waals surface area contributed by atoms with E-state index in [1.807, 2.05) is 40.7 Å². The molecule has 4 N–H and O–H groups in total. The molecule has 286 valence electrons. The Morgan fingerprint density at radius 3 is 2.45 bits per heavy atom. The summed E-state index contributed by atoms with van der Waals surface area (Å²) in [5.41, 5.74) is 10.2. The molecule has 6 rings (SSSR count). The highest BCUT2D eigenvalue weighted by atomic mass is 35.5. The molecule has 0 radical (unpaired) electrons. The van der Waals surface area contributed by atoms with Crippen LogP contribution in [0.3, 0.4) is 0 Å². The molecule has 1 fully saturated rings. The second kappa shape index (κ2) is 17.4. The van der Waals surface area contributed by atoms with E-state index in [1.165, 1.54) is 30.2 Å². The normalized spacial score (nSPS) is 15.1. The number of ether oxygens (including phenoxy) is 1. The number of hydrogen-bond acceptors (Lipinski definition) is 10. The summed E-state index contributed by atoms with van der Waals surface area (Å²) in [7, 11) is 1.27. The van der Waals surface area contributed by atoms with Crippen LogP contribution in [0.4, 0.5) is 0 Å². The van der Waals surface area contributed by atoms with Gasteiger partial charge in [0.1, 0.15) is 16.9 Å². The number of nitrogens with one attached hydrogen (secondary N) is 2. The molecule has 55 heavy (non-hydrogen) atoms. The number of likely N-dealkylation sites (tertiary alicyclic amines) is 1. The van der Waals surface area contributed by atoms with Crippen LogP contribution in [0.2, 0.25) is 5.02 Å². The van der Waals surface area contributed by atoms with E-state index >= 15 is 0 Å². The van der Waals surface area contributed by atoms with Gasteiger partial charge >= 0.3 is 5.97 Å². The number of nitrogens with two attached hydrogens (primary N) is 1. The SMILES string of the molecule is COC(=O)c1ccc(C(=O)NCCCNC(=O)C2CCN(C(=O)C[C@@H]3N=C(c4ccc(Cl)cc4)c4c(sc(C)c4C)-n4c(C)nnc43)CC2)cc1C#CCN. The van der Waals surface area contributed by atoms with Gasteiger partial charge in [-0.25, -0.2) is 4.79 Å². The van der Waals surface area contributed by atoms with E-state index in [2.05, 4.69) is 46.5 Å². The molecule has 4 heterocycles. The number of benzene rings is 2. The average molecular weight is 783 g/mol. The first-order chi connectivity index (χ1) is 26.5. The quantitative estimate of drug-likeness (QED) is 0.120. The molecule has 0 bridgehead atoms. The molecule has 15 heteroatoms. The molecular weight excluding hydrogens is 740 g/mol. The van der Waals surface area contributed by atoms with Gasteiger partial charge < -0.3 is 26.0 Å². The van der Waals surface area contributed by atoms with Crippen LogP contribution in [0, 0.1) is 38.5 Å². The van der Waals surface area contributed by atoms with Crippen molar-refractivity contribution in [2.24, 2.45) is 16.6 Å². The Hall–Kier alpha value is -5.36. The van der Waals surface area contributed by atoms with Crippen molar-refractivity contribution in [3.8, 4) is 16.8 Å². The lowest BCUT2D eigenvalue weighted by Gasteiger charge is -2.32. The fraction of sp³-hybridized carbons (Fsp3) is 0.375. The van der Waals surface area contributed by atoms with Crippen LogP contribution >= 0.6 is 22.9 Å². The van der Waals surface area contributed by atoms with E-state index in [4.69, 9.17) is 27.1 Å². The van der Waals surface area contributed by atoms with Crippen LogP contribution in [0.5, 0.6) is 0 Å².